The SMILES string of the molecule is CC(=O)N1CC[C@H](OC(=O)NC(CCOC2CC(CCc3ccc4c(n3)NCCC4)C2)C(=O)O)C1. The topological polar surface area (TPSA) is 130 Å². The van der Waals surface area contributed by atoms with Gasteiger partial charge in [-0.25, -0.2) is 14.6 Å². The molecular formula is C25H36N4O6. The third kappa shape index (κ3) is 7.06. The number of anilines is 1. The number of nitrogens with one attached hydrogen (secondary N) is 2. The van der Waals surface area contributed by atoms with Crippen molar-refractivity contribution in [3.8, 4) is 0 Å². The van der Waals surface area contributed by atoms with Crippen molar-refractivity contribution in [2.24, 2.45) is 5.92 Å². The molecule has 3 heterocycles. The molecule has 0 radical (unpaired) electrons. The number of carboxylic acid groups (broad SMARTS) is 1. The van der Waals surface area contributed by atoms with Crippen molar-refractivity contribution in [1.29, 1.82) is 0 Å². The van der Waals surface area contributed by atoms with Crippen molar-refractivity contribution in [1.82, 2.24) is 15.2 Å². The van der Waals surface area contributed by atoms with E-state index in [1.165, 1.54) is 12.5 Å². The molecular weight excluding hydrogens is 452 g/mol. The van der Waals surface area contributed by atoms with Crippen LogP contribution >= 0.6 is 0 Å². The highest BCUT2D eigenvalue weighted by Crippen LogP contribution is 2.34. The Morgan fingerprint density at radius 2 is 2.11 bits per heavy atom. The number of likely N-dealkylation sites (tertiary alicyclic amines) is 1. The fourth-order valence-corrected chi connectivity index (χ4v) is 4.95. The van der Waals surface area contributed by atoms with E-state index in [9.17, 15) is 19.5 Å². The number of rotatable bonds is 10. The molecule has 10 nitrogen and oxygen atoms in total. The Kier molecular flexibility index (Phi) is 8.43. The van der Waals surface area contributed by atoms with E-state index in [1.807, 2.05) is 0 Å². The van der Waals surface area contributed by atoms with Crippen LogP contribution in [-0.2, 0) is 31.9 Å². The maximum atomic E-state index is 12.1. The average molecular weight is 489 g/mol. The van der Waals surface area contributed by atoms with E-state index in [2.05, 4.69) is 22.8 Å². The van der Waals surface area contributed by atoms with Gasteiger partial charge >= 0.3 is 12.1 Å². The number of hydrogen-bond acceptors (Lipinski definition) is 7. The van der Waals surface area contributed by atoms with Crippen LogP contribution in [0, 0.1) is 5.92 Å². The molecule has 1 aromatic heterocycles. The minimum atomic E-state index is -1.12. The number of carboxylic acids is 1. The Labute approximate surface area is 205 Å². The van der Waals surface area contributed by atoms with E-state index in [4.69, 9.17) is 14.5 Å². The number of pyridine rings is 1. The van der Waals surface area contributed by atoms with E-state index < -0.39 is 24.2 Å². The van der Waals surface area contributed by atoms with Crippen LogP contribution in [0.4, 0.5) is 10.6 Å². The minimum Gasteiger partial charge on any atom is -0.480 e. The van der Waals surface area contributed by atoms with Crippen molar-refractivity contribution in [2.75, 3.05) is 31.6 Å². The number of fused-ring (bicyclic) bond motifs is 1. The van der Waals surface area contributed by atoms with Crippen LogP contribution in [0.2, 0.25) is 0 Å². The lowest BCUT2D eigenvalue weighted by molar-refractivity contribution is -0.140. The van der Waals surface area contributed by atoms with Crippen LogP contribution in [0.15, 0.2) is 12.1 Å². The highest BCUT2D eigenvalue weighted by Gasteiger charge is 2.31. The first-order valence-electron chi connectivity index (χ1n) is 12.7. The third-order valence-corrected chi connectivity index (χ3v) is 7.17. The van der Waals surface area contributed by atoms with E-state index >= 15 is 0 Å². The van der Waals surface area contributed by atoms with Crippen molar-refractivity contribution in [2.45, 2.75) is 76.5 Å². The van der Waals surface area contributed by atoms with Gasteiger partial charge in [0.15, 0.2) is 0 Å². The van der Waals surface area contributed by atoms with E-state index in [0.29, 0.717) is 25.4 Å². The predicted octanol–water partition coefficient (Wildman–Crippen LogP) is 2.36. The zero-order valence-electron chi connectivity index (χ0n) is 20.3. The Morgan fingerprint density at radius 1 is 1.29 bits per heavy atom. The molecule has 1 aliphatic carbocycles. The van der Waals surface area contributed by atoms with Crippen molar-refractivity contribution in [3.63, 3.8) is 0 Å². The van der Waals surface area contributed by atoms with Crippen LogP contribution in [-0.4, -0.2) is 77.5 Å². The number of hydrogen-bond donors (Lipinski definition) is 3. The fourth-order valence-electron chi connectivity index (χ4n) is 4.95. The molecule has 1 saturated heterocycles. The molecule has 4 rings (SSSR count). The Bertz CT molecular complexity index is 919. The van der Waals surface area contributed by atoms with Gasteiger partial charge in [-0.15, -0.1) is 0 Å². The number of carbonyl (C=O) groups is 3. The lowest BCUT2D eigenvalue weighted by Crippen LogP contribution is -2.43. The van der Waals surface area contributed by atoms with E-state index in [0.717, 1.165) is 56.6 Å². The summed E-state index contributed by atoms with van der Waals surface area (Å²) >= 11 is 0. The first kappa shape index (κ1) is 25.2. The van der Waals surface area contributed by atoms with Gasteiger partial charge in [-0.05, 0) is 56.1 Å². The summed E-state index contributed by atoms with van der Waals surface area (Å²) in [6.07, 6.45) is 5.86. The summed E-state index contributed by atoms with van der Waals surface area (Å²) in [6, 6.07) is 3.25. The van der Waals surface area contributed by atoms with Gasteiger partial charge in [-0.3, -0.25) is 4.79 Å². The zero-order chi connectivity index (χ0) is 24.8. The quantitative estimate of drug-likeness (QED) is 0.458. The maximum absolute atomic E-state index is 12.1. The molecule has 35 heavy (non-hydrogen) atoms. The molecule has 3 N–H and O–H groups in total. The molecule has 2 fully saturated rings. The van der Waals surface area contributed by atoms with Crippen LogP contribution in [0.25, 0.3) is 0 Å². The Hall–Kier alpha value is -2.88. The zero-order valence-corrected chi connectivity index (χ0v) is 20.3. The number of nitrogens with zero attached hydrogens (tertiary/aromatic N) is 2. The van der Waals surface area contributed by atoms with Crippen molar-refractivity contribution >= 4 is 23.8 Å². The molecule has 192 valence electrons. The number of aliphatic carboxylic acids is 1. The Balaban J connectivity index is 1.10. The van der Waals surface area contributed by atoms with Gasteiger partial charge in [0.1, 0.15) is 18.0 Å². The molecule has 0 aromatic carbocycles. The molecule has 0 spiro atoms. The lowest BCUT2D eigenvalue weighted by Gasteiger charge is -2.35. The number of aryl methyl sites for hydroxylation is 2. The highest BCUT2D eigenvalue weighted by atomic mass is 16.6. The third-order valence-electron chi connectivity index (χ3n) is 7.17. The monoisotopic (exact) mass is 488 g/mol. The number of ether oxygens (including phenoxy) is 2. The van der Waals surface area contributed by atoms with Gasteiger partial charge in [-0.1, -0.05) is 6.07 Å². The number of alkyl carbamates (subject to hydrolysis) is 1. The van der Waals surface area contributed by atoms with Gasteiger partial charge in [0.2, 0.25) is 5.91 Å². The molecule has 1 aromatic rings. The molecule has 2 aliphatic heterocycles. The van der Waals surface area contributed by atoms with Gasteiger partial charge < -0.3 is 30.1 Å². The molecule has 10 heteroatoms. The van der Waals surface area contributed by atoms with Gasteiger partial charge in [0, 0.05) is 45.2 Å². The van der Waals surface area contributed by atoms with Crippen LogP contribution in [0.5, 0.6) is 0 Å². The predicted molar refractivity (Wildman–Crippen MR) is 128 cm³/mol. The summed E-state index contributed by atoms with van der Waals surface area (Å²) in [5, 5.41) is 15.2. The standard InChI is InChI=1S/C25H36N4O6/c1-16(30)29-11-8-20(15-29)35-25(33)28-22(24(31)32)9-12-34-21-13-17(14-21)4-6-19-7-5-18-3-2-10-26-23(18)27-19/h5,7,17,20-22H,2-4,6,8-15H2,1H3,(H,26,27)(H,28,33)(H,31,32)/t17?,20-,21?,22?/m0/s1. The normalized spacial score (nSPS) is 24.0. The van der Waals surface area contributed by atoms with Crippen LogP contribution in [0.1, 0.15) is 56.7 Å². The first-order chi connectivity index (χ1) is 16.9. The average Bonchev–Trinajstić information content (AvgIpc) is 3.27. The Morgan fingerprint density at radius 3 is 2.86 bits per heavy atom. The smallest absolute Gasteiger partial charge is 0.408 e. The first-order valence-corrected chi connectivity index (χ1v) is 12.7. The summed E-state index contributed by atoms with van der Waals surface area (Å²) in [7, 11) is 0. The summed E-state index contributed by atoms with van der Waals surface area (Å²) in [5.74, 6) is 0.439. The van der Waals surface area contributed by atoms with Gasteiger partial charge in [0.25, 0.3) is 0 Å². The van der Waals surface area contributed by atoms with E-state index in [1.54, 1.807) is 4.90 Å². The summed E-state index contributed by atoms with van der Waals surface area (Å²) in [6.45, 7) is 3.59. The largest absolute Gasteiger partial charge is 0.480 e. The second-order valence-electron chi connectivity index (χ2n) is 9.81. The summed E-state index contributed by atoms with van der Waals surface area (Å²) in [4.78, 5) is 41.4. The molecule has 1 saturated carbocycles. The van der Waals surface area contributed by atoms with E-state index in [-0.39, 0.29) is 25.0 Å². The second-order valence-corrected chi connectivity index (χ2v) is 9.81. The van der Waals surface area contributed by atoms with Crippen molar-refractivity contribution in [3.05, 3.63) is 23.4 Å². The molecule has 1 unspecified atom stereocenters. The highest BCUT2D eigenvalue weighted by molar-refractivity contribution is 5.80. The number of aromatic nitrogens is 1. The van der Waals surface area contributed by atoms with Gasteiger partial charge in [-0.2, -0.15) is 0 Å². The molecule has 2 amide bonds. The fraction of sp³-hybridized carbons (Fsp3) is 0.680. The van der Waals surface area contributed by atoms with Crippen LogP contribution < -0.4 is 10.6 Å². The summed E-state index contributed by atoms with van der Waals surface area (Å²) < 4.78 is 11.1. The minimum absolute atomic E-state index is 0.0668. The number of amides is 2. The van der Waals surface area contributed by atoms with Gasteiger partial charge in [0.05, 0.1) is 12.6 Å². The molecule has 2 atom stereocenters. The summed E-state index contributed by atoms with van der Waals surface area (Å²) in [5.41, 5.74) is 2.43. The number of carbonyl (C=O) groups excluding carboxylic acids is 2. The lowest BCUT2D eigenvalue weighted by atomic mass is 9.79. The van der Waals surface area contributed by atoms with Crippen LogP contribution in [0.3, 0.4) is 0 Å². The maximum Gasteiger partial charge on any atom is 0.408 e. The molecule has 0 bridgehead atoms. The second kappa shape index (κ2) is 11.7. The molecule has 3 aliphatic rings. The van der Waals surface area contributed by atoms with Crippen molar-refractivity contribution < 1.29 is 29.0 Å².